The van der Waals surface area contributed by atoms with Crippen molar-refractivity contribution in [2.75, 3.05) is 0 Å². The number of aliphatic hydroxyl groups is 1. The van der Waals surface area contributed by atoms with E-state index in [-0.39, 0.29) is 5.56 Å². The van der Waals surface area contributed by atoms with E-state index in [1.54, 1.807) is 0 Å². The molecule has 0 heterocycles. The number of alkyl halides is 3. The minimum atomic E-state index is -4.40. The van der Waals surface area contributed by atoms with Crippen LogP contribution >= 0.6 is 0 Å². The summed E-state index contributed by atoms with van der Waals surface area (Å²) in [7, 11) is 0. The molecule has 2 nitrogen and oxygen atoms in total. The number of benzene rings is 1. The molecule has 1 rings (SSSR count). The Kier molecular flexibility index (Phi) is 3.36. The third-order valence-corrected chi connectivity index (χ3v) is 2.05. The number of hydrogen-bond acceptors (Lipinski definition) is 2. The van der Waals surface area contributed by atoms with Crippen molar-refractivity contribution < 1.29 is 18.3 Å². The van der Waals surface area contributed by atoms with Gasteiger partial charge >= 0.3 is 6.18 Å². The van der Waals surface area contributed by atoms with Gasteiger partial charge < -0.3 is 10.8 Å². The Morgan fingerprint density at radius 3 is 2.40 bits per heavy atom. The van der Waals surface area contributed by atoms with Crippen LogP contribution in [-0.4, -0.2) is 11.1 Å². The van der Waals surface area contributed by atoms with Crippen LogP contribution in [-0.2, 0) is 6.18 Å². The van der Waals surface area contributed by atoms with Gasteiger partial charge in [0.1, 0.15) is 0 Å². The van der Waals surface area contributed by atoms with Crippen LogP contribution in [0, 0.1) is 0 Å². The fourth-order valence-corrected chi connectivity index (χ4v) is 1.20. The van der Waals surface area contributed by atoms with Crippen molar-refractivity contribution in [3.63, 3.8) is 0 Å². The summed E-state index contributed by atoms with van der Waals surface area (Å²) in [5.74, 6) is 0. The Bertz CT molecular complexity index is 336. The Labute approximate surface area is 85.5 Å². The third-order valence-electron chi connectivity index (χ3n) is 2.05. The van der Waals surface area contributed by atoms with Crippen LogP contribution in [0.15, 0.2) is 24.3 Å². The van der Waals surface area contributed by atoms with Gasteiger partial charge in [0.25, 0.3) is 0 Å². The Morgan fingerprint density at radius 1 is 1.33 bits per heavy atom. The first-order valence-corrected chi connectivity index (χ1v) is 4.43. The zero-order valence-electron chi connectivity index (χ0n) is 8.12. The van der Waals surface area contributed by atoms with E-state index in [2.05, 4.69) is 0 Å². The Hall–Kier alpha value is -1.07. The molecule has 0 fully saturated rings. The lowest BCUT2D eigenvalue weighted by molar-refractivity contribution is -0.137. The van der Waals surface area contributed by atoms with E-state index in [0.717, 1.165) is 12.1 Å². The summed E-state index contributed by atoms with van der Waals surface area (Å²) in [5.41, 5.74) is 4.80. The van der Waals surface area contributed by atoms with Crippen LogP contribution in [0.3, 0.4) is 0 Å². The van der Waals surface area contributed by atoms with Gasteiger partial charge in [-0.25, -0.2) is 0 Å². The van der Waals surface area contributed by atoms with Gasteiger partial charge in [0.15, 0.2) is 0 Å². The summed E-state index contributed by atoms with van der Waals surface area (Å²) in [5, 5.41) is 9.50. The van der Waals surface area contributed by atoms with E-state index in [1.165, 1.54) is 19.1 Å². The molecule has 3 N–H and O–H groups in total. The van der Waals surface area contributed by atoms with Gasteiger partial charge in [0, 0.05) is 6.04 Å². The van der Waals surface area contributed by atoms with Crippen molar-refractivity contribution in [3.8, 4) is 0 Å². The molecule has 0 saturated carbocycles. The minimum Gasteiger partial charge on any atom is -0.387 e. The van der Waals surface area contributed by atoms with Crippen molar-refractivity contribution in [1.82, 2.24) is 0 Å². The molecule has 0 bridgehead atoms. The smallest absolute Gasteiger partial charge is 0.387 e. The van der Waals surface area contributed by atoms with Crippen molar-refractivity contribution >= 4 is 0 Å². The molecule has 0 aromatic heterocycles. The topological polar surface area (TPSA) is 46.2 Å². The molecule has 84 valence electrons. The maximum absolute atomic E-state index is 12.3. The van der Waals surface area contributed by atoms with Gasteiger partial charge in [-0.15, -0.1) is 0 Å². The van der Waals surface area contributed by atoms with Gasteiger partial charge in [-0.2, -0.15) is 13.2 Å². The number of aliphatic hydroxyl groups excluding tert-OH is 1. The predicted octanol–water partition coefficient (Wildman–Crippen LogP) is 2.09. The third kappa shape index (κ3) is 2.94. The zero-order chi connectivity index (χ0) is 11.6. The molecule has 0 radical (unpaired) electrons. The molecule has 0 aliphatic rings. The lowest BCUT2D eigenvalue weighted by Crippen LogP contribution is -2.24. The highest BCUT2D eigenvalue weighted by molar-refractivity contribution is 5.27. The van der Waals surface area contributed by atoms with Crippen LogP contribution in [0.2, 0.25) is 0 Å². The van der Waals surface area contributed by atoms with Crippen molar-refractivity contribution in [2.24, 2.45) is 5.73 Å². The van der Waals surface area contributed by atoms with E-state index >= 15 is 0 Å². The van der Waals surface area contributed by atoms with Crippen molar-refractivity contribution in [2.45, 2.75) is 25.2 Å². The van der Waals surface area contributed by atoms with E-state index in [9.17, 15) is 18.3 Å². The van der Waals surface area contributed by atoms with Gasteiger partial charge in [-0.05, 0) is 24.6 Å². The van der Waals surface area contributed by atoms with E-state index in [1.807, 2.05) is 0 Å². The maximum Gasteiger partial charge on any atom is 0.416 e. The van der Waals surface area contributed by atoms with Crippen LogP contribution < -0.4 is 5.73 Å². The summed E-state index contributed by atoms with van der Waals surface area (Å²) in [4.78, 5) is 0. The van der Waals surface area contributed by atoms with E-state index in [0.29, 0.717) is 0 Å². The highest BCUT2D eigenvalue weighted by atomic mass is 19.4. The summed E-state index contributed by atoms with van der Waals surface area (Å²) >= 11 is 0. The van der Waals surface area contributed by atoms with Crippen molar-refractivity contribution in [3.05, 3.63) is 35.4 Å². The Morgan fingerprint density at radius 2 is 1.93 bits per heavy atom. The average Bonchev–Trinajstić information content (AvgIpc) is 2.15. The van der Waals surface area contributed by atoms with Gasteiger partial charge in [0.05, 0.1) is 11.7 Å². The molecule has 1 aromatic carbocycles. The summed E-state index contributed by atoms with van der Waals surface area (Å²) in [6.07, 6.45) is -5.47. The number of rotatable bonds is 2. The summed E-state index contributed by atoms with van der Waals surface area (Å²) in [6.45, 7) is 1.53. The number of nitrogens with two attached hydrogens (primary N) is 1. The first-order valence-electron chi connectivity index (χ1n) is 4.43. The van der Waals surface area contributed by atoms with Gasteiger partial charge in [0.2, 0.25) is 0 Å². The largest absolute Gasteiger partial charge is 0.416 e. The van der Waals surface area contributed by atoms with Crippen LogP contribution in [0.5, 0.6) is 0 Å². The SMILES string of the molecule is C[C@@H](N)[C@@H](O)c1cccc(C(F)(F)F)c1. The van der Waals surface area contributed by atoms with Crippen molar-refractivity contribution in [1.29, 1.82) is 0 Å². The first kappa shape index (κ1) is 12.0. The van der Waals surface area contributed by atoms with Gasteiger partial charge in [-0.1, -0.05) is 12.1 Å². The average molecular weight is 219 g/mol. The molecule has 0 aliphatic carbocycles. The highest BCUT2D eigenvalue weighted by Crippen LogP contribution is 2.31. The second-order valence-electron chi connectivity index (χ2n) is 3.43. The zero-order valence-corrected chi connectivity index (χ0v) is 8.12. The lowest BCUT2D eigenvalue weighted by Gasteiger charge is -2.16. The quantitative estimate of drug-likeness (QED) is 0.800. The van der Waals surface area contributed by atoms with Crippen LogP contribution in [0.4, 0.5) is 13.2 Å². The summed E-state index contributed by atoms with van der Waals surface area (Å²) in [6, 6.07) is 3.94. The Balaban J connectivity index is 3.03. The second kappa shape index (κ2) is 4.20. The normalized spacial score (nSPS) is 16.1. The number of halogens is 3. The predicted molar refractivity (Wildman–Crippen MR) is 50.1 cm³/mol. The molecule has 1 aromatic rings. The molecular weight excluding hydrogens is 207 g/mol. The molecule has 0 saturated heterocycles. The molecular formula is C10H12F3NO. The molecule has 0 amide bonds. The van der Waals surface area contributed by atoms with Gasteiger partial charge in [-0.3, -0.25) is 0 Å². The monoisotopic (exact) mass is 219 g/mol. The molecule has 5 heteroatoms. The fourth-order valence-electron chi connectivity index (χ4n) is 1.20. The molecule has 0 aliphatic heterocycles. The standard InChI is InChI=1S/C10H12F3NO/c1-6(14)9(15)7-3-2-4-8(5-7)10(11,12)13/h2-6,9,15H,14H2,1H3/t6-,9-/m1/s1. The molecule has 0 spiro atoms. The minimum absolute atomic E-state index is 0.180. The van der Waals surface area contributed by atoms with Crippen LogP contribution in [0.25, 0.3) is 0 Å². The van der Waals surface area contributed by atoms with E-state index in [4.69, 9.17) is 5.73 Å². The maximum atomic E-state index is 12.3. The summed E-state index contributed by atoms with van der Waals surface area (Å²) < 4.78 is 37.0. The molecule has 2 atom stereocenters. The molecule has 0 unspecified atom stereocenters. The fraction of sp³-hybridized carbons (Fsp3) is 0.400. The highest BCUT2D eigenvalue weighted by Gasteiger charge is 2.31. The second-order valence-corrected chi connectivity index (χ2v) is 3.43. The van der Waals surface area contributed by atoms with Crippen LogP contribution in [0.1, 0.15) is 24.2 Å². The lowest BCUT2D eigenvalue weighted by atomic mass is 10.0. The first-order chi connectivity index (χ1) is 6.82. The number of hydrogen-bond donors (Lipinski definition) is 2. The molecule has 15 heavy (non-hydrogen) atoms. The van der Waals surface area contributed by atoms with E-state index < -0.39 is 23.9 Å².